The van der Waals surface area contributed by atoms with Gasteiger partial charge in [0, 0.05) is 29.8 Å². The van der Waals surface area contributed by atoms with Crippen LogP contribution in [0.25, 0.3) is 11.4 Å². The van der Waals surface area contributed by atoms with Gasteiger partial charge in [-0.05, 0) is 24.3 Å². The van der Waals surface area contributed by atoms with Crippen molar-refractivity contribution in [2.75, 3.05) is 16.9 Å². The van der Waals surface area contributed by atoms with Crippen LogP contribution in [0.15, 0.2) is 59.1 Å². The average Bonchev–Trinajstić information content (AvgIpc) is 3.49. The Morgan fingerprint density at radius 2 is 1.97 bits per heavy atom. The third-order valence-electron chi connectivity index (χ3n) is 4.84. The third-order valence-corrected chi connectivity index (χ3v) is 5.85. The number of carbonyl (C=O) groups is 2. The van der Waals surface area contributed by atoms with Crippen LogP contribution in [0.1, 0.15) is 17.9 Å². The van der Waals surface area contributed by atoms with E-state index >= 15 is 0 Å². The van der Waals surface area contributed by atoms with E-state index in [0.717, 1.165) is 5.56 Å². The molecule has 31 heavy (non-hydrogen) atoms. The summed E-state index contributed by atoms with van der Waals surface area (Å²) in [5.41, 5.74) is 1.95. The molecule has 0 radical (unpaired) electrons. The molecule has 1 atom stereocenters. The molecule has 1 aliphatic rings. The van der Waals surface area contributed by atoms with Crippen molar-refractivity contribution in [3.63, 3.8) is 0 Å². The van der Waals surface area contributed by atoms with E-state index in [1.54, 1.807) is 29.2 Å². The third kappa shape index (κ3) is 4.92. The largest absolute Gasteiger partial charge is 0.339 e. The molecule has 0 aliphatic carbocycles. The van der Waals surface area contributed by atoms with E-state index in [9.17, 15) is 9.59 Å². The maximum absolute atomic E-state index is 12.8. The maximum Gasteiger partial charge on any atom is 0.248 e. The minimum atomic E-state index is -0.546. The highest BCUT2D eigenvalue weighted by atomic mass is 32.2. The summed E-state index contributed by atoms with van der Waals surface area (Å²) >= 11 is 1.54. The predicted octanol–water partition coefficient (Wildman–Crippen LogP) is 3.08. The second-order valence-electron chi connectivity index (χ2n) is 6.94. The fourth-order valence-electron chi connectivity index (χ4n) is 3.18. The molecule has 0 spiro atoms. The minimum Gasteiger partial charge on any atom is -0.339 e. The van der Waals surface area contributed by atoms with Gasteiger partial charge in [0.15, 0.2) is 0 Å². The van der Waals surface area contributed by atoms with E-state index in [2.05, 4.69) is 15.5 Å². The zero-order chi connectivity index (χ0) is 21.6. The Balaban J connectivity index is 1.34. The van der Waals surface area contributed by atoms with Crippen LogP contribution in [0.3, 0.4) is 0 Å². The molecule has 0 bridgehead atoms. The summed E-state index contributed by atoms with van der Waals surface area (Å²) in [6.45, 7) is 0. The van der Waals surface area contributed by atoms with Crippen molar-refractivity contribution in [3.8, 4) is 17.5 Å². The lowest BCUT2D eigenvalue weighted by atomic mass is 10.2. The number of hydrogen-bond acceptors (Lipinski definition) is 7. The molecule has 8 nitrogen and oxygen atoms in total. The smallest absolute Gasteiger partial charge is 0.248 e. The summed E-state index contributed by atoms with van der Waals surface area (Å²) in [6, 6.07) is 17.6. The van der Waals surface area contributed by atoms with E-state index < -0.39 is 6.04 Å². The van der Waals surface area contributed by atoms with Gasteiger partial charge >= 0.3 is 0 Å². The highest BCUT2D eigenvalue weighted by Gasteiger charge is 2.34. The molecule has 156 valence electrons. The molecule has 0 saturated carbocycles. The zero-order valence-electron chi connectivity index (χ0n) is 16.5. The van der Waals surface area contributed by atoms with Gasteiger partial charge in [-0.2, -0.15) is 10.2 Å². The number of carbonyl (C=O) groups excluding carboxylic acids is 2. The molecule has 2 heterocycles. The minimum absolute atomic E-state index is 0.135. The van der Waals surface area contributed by atoms with Crippen molar-refractivity contribution in [1.29, 1.82) is 5.26 Å². The monoisotopic (exact) mass is 433 g/mol. The molecule has 1 unspecified atom stereocenters. The maximum atomic E-state index is 12.8. The molecule has 2 amide bonds. The number of nitriles is 1. The van der Waals surface area contributed by atoms with Gasteiger partial charge in [0.2, 0.25) is 23.5 Å². The van der Waals surface area contributed by atoms with Crippen molar-refractivity contribution in [2.24, 2.45) is 0 Å². The highest BCUT2D eigenvalue weighted by molar-refractivity contribution is 7.99. The van der Waals surface area contributed by atoms with Crippen LogP contribution in [0.5, 0.6) is 0 Å². The molecule has 1 aliphatic heterocycles. The first-order chi connectivity index (χ1) is 15.1. The van der Waals surface area contributed by atoms with Gasteiger partial charge in [-0.1, -0.05) is 35.5 Å². The molecule has 1 N–H and O–H groups in total. The summed E-state index contributed by atoms with van der Waals surface area (Å²) < 4.78 is 5.27. The molecule has 2 aromatic carbocycles. The van der Waals surface area contributed by atoms with Crippen LogP contribution in [-0.2, 0) is 16.0 Å². The van der Waals surface area contributed by atoms with Crippen molar-refractivity contribution in [2.45, 2.75) is 18.9 Å². The van der Waals surface area contributed by atoms with E-state index in [1.807, 2.05) is 36.4 Å². The van der Waals surface area contributed by atoms with Crippen LogP contribution in [0.4, 0.5) is 5.69 Å². The number of thioether (sulfide) groups is 1. The summed E-state index contributed by atoms with van der Waals surface area (Å²) in [5.74, 6) is 1.49. The van der Waals surface area contributed by atoms with Crippen LogP contribution in [-0.4, -0.2) is 44.5 Å². The lowest BCUT2D eigenvalue weighted by Gasteiger charge is -2.23. The van der Waals surface area contributed by atoms with Crippen LogP contribution in [0, 0.1) is 11.3 Å². The van der Waals surface area contributed by atoms with E-state index in [4.69, 9.17) is 9.78 Å². The number of nitrogens with one attached hydrogen (secondary N) is 1. The number of anilines is 1. The van der Waals surface area contributed by atoms with Crippen LogP contribution in [0.2, 0.25) is 0 Å². The molecule has 3 aromatic rings. The number of amides is 2. The second-order valence-corrected chi connectivity index (χ2v) is 7.94. The Labute approximate surface area is 183 Å². The van der Waals surface area contributed by atoms with Crippen molar-refractivity contribution >= 4 is 29.3 Å². The summed E-state index contributed by atoms with van der Waals surface area (Å²) in [6.07, 6.45) is 0.488. The van der Waals surface area contributed by atoms with Crippen molar-refractivity contribution in [3.05, 3.63) is 66.1 Å². The number of aryl methyl sites for hydroxylation is 1. The summed E-state index contributed by atoms with van der Waals surface area (Å²) in [4.78, 5) is 31.4. The van der Waals surface area contributed by atoms with E-state index in [1.165, 1.54) is 11.8 Å². The Hall–Kier alpha value is -3.64. The molecular formula is C22H19N5O3S. The van der Waals surface area contributed by atoms with E-state index in [0.29, 0.717) is 41.0 Å². The lowest BCUT2D eigenvalue weighted by molar-refractivity contribution is -0.136. The van der Waals surface area contributed by atoms with Gasteiger partial charge in [-0.15, -0.1) is 11.8 Å². The molecule has 1 fully saturated rings. The fourth-order valence-corrected chi connectivity index (χ4v) is 4.36. The normalized spacial score (nSPS) is 15.5. The zero-order valence-corrected chi connectivity index (χ0v) is 17.3. The summed E-state index contributed by atoms with van der Waals surface area (Å²) in [5, 5.41) is 15.7. The first-order valence-electron chi connectivity index (χ1n) is 9.70. The molecule has 1 saturated heterocycles. The van der Waals surface area contributed by atoms with Gasteiger partial charge in [-0.25, -0.2) is 0 Å². The Bertz CT molecular complexity index is 1110. The molecule has 9 heteroatoms. The Morgan fingerprint density at radius 3 is 2.71 bits per heavy atom. The number of benzene rings is 2. The number of nitrogens with zero attached hydrogens (tertiary/aromatic N) is 4. The fraction of sp³-hybridized carbons (Fsp3) is 0.227. The number of aromatic nitrogens is 2. The van der Waals surface area contributed by atoms with Crippen molar-refractivity contribution < 1.29 is 14.1 Å². The Kier molecular flexibility index (Phi) is 6.29. The van der Waals surface area contributed by atoms with Gasteiger partial charge in [0.1, 0.15) is 6.04 Å². The second kappa shape index (κ2) is 9.45. The van der Waals surface area contributed by atoms with Crippen LogP contribution >= 0.6 is 11.8 Å². The topological polar surface area (TPSA) is 112 Å². The number of hydrogen-bond donors (Lipinski definition) is 1. The standard InChI is InChI=1S/C22H19N5O3S/c23-12-15-6-8-17(9-7-15)24-22(29)18-13-31-14-27(18)20(28)11-10-19-25-21(26-30-19)16-4-2-1-3-5-16/h1-9,18H,10-11,13-14H2,(H,24,29). The molecule has 4 rings (SSSR count). The lowest BCUT2D eigenvalue weighted by Crippen LogP contribution is -2.44. The van der Waals surface area contributed by atoms with Gasteiger partial charge in [0.25, 0.3) is 0 Å². The predicted molar refractivity (Wildman–Crippen MR) is 116 cm³/mol. The first kappa shape index (κ1) is 20.6. The SMILES string of the molecule is N#Cc1ccc(NC(=O)C2CSCN2C(=O)CCc2nc(-c3ccccc3)no2)cc1. The summed E-state index contributed by atoms with van der Waals surface area (Å²) in [7, 11) is 0. The average molecular weight is 433 g/mol. The van der Waals surface area contributed by atoms with Crippen molar-refractivity contribution in [1.82, 2.24) is 15.0 Å². The van der Waals surface area contributed by atoms with Gasteiger partial charge in [-0.3, -0.25) is 9.59 Å². The van der Waals surface area contributed by atoms with Gasteiger partial charge in [0.05, 0.1) is 17.5 Å². The molecular weight excluding hydrogens is 414 g/mol. The quantitative estimate of drug-likeness (QED) is 0.636. The molecule has 1 aromatic heterocycles. The van der Waals surface area contributed by atoms with E-state index in [-0.39, 0.29) is 18.2 Å². The first-order valence-corrected chi connectivity index (χ1v) is 10.9. The Morgan fingerprint density at radius 1 is 1.19 bits per heavy atom. The highest BCUT2D eigenvalue weighted by Crippen LogP contribution is 2.24. The number of rotatable bonds is 6. The van der Waals surface area contributed by atoms with Crippen LogP contribution < -0.4 is 5.32 Å². The van der Waals surface area contributed by atoms with Gasteiger partial charge < -0.3 is 14.7 Å².